The summed E-state index contributed by atoms with van der Waals surface area (Å²) in [5.41, 5.74) is 0.185. The van der Waals surface area contributed by atoms with Gasteiger partial charge in [-0.1, -0.05) is 30.1 Å². The molecule has 0 aliphatic carbocycles. The molecule has 0 spiro atoms. The number of nitrogens with one attached hydrogen (secondary N) is 2. The number of hydrogen-bond donors (Lipinski definition) is 2. The minimum atomic E-state index is -0.644. The molecule has 0 aromatic heterocycles. The normalized spacial score (nSPS) is 17.0. The first-order valence-electron chi connectivity index (χ1n) is 6.55. The fourth-order valence-electron chi connectivity index (χ4n) is 2.29. The molecule has 1 aliphatic rings. The topological polar surface area (TPSA) is 41.1 Å². The van der Waals surface area contributed by atoms with Crippen LogP contribution in [0, 0.1) is 11.2 Å². The standard InChI is InChI=1S/C14H17Cl2FN2O.ClH/c1-14(2-4-18-5-3-14)8-19-13(20)9-6-12(17)11(16)7-10(9)15;/h6-7,18H,2-5,8H2,1H3,(H,19,20);1H. The predicted molar refractivity (Wildman–Crippen MR) is 86.2 cm³/mol. The SMILES string of the molecule is CC1(CNC(=O)c2cc(F)c(Cl)cc2Cl)CCNCC1.Cl. The number of rotatable bonds is 3. The molecule has 118 valence electrons. The zero-order valence-electron chi connectivity index (χ0n) is 11.6. The molecule has 1 aromatic carbocycles. The highest BCUT2D eigenvalue weighted by Crippen LogP contribution is 2.28. The third kappa shape index (κ3) is 4.71. The molecule has 1 heterocycles. The Balaban J connectivity index is 0.00000220. The average molecular weight is 356 g/mol. The molecule has 7 heteroatoms. The van der Waals surface area contributed by atoms with Crippen molar-refractivity contribution in [3.63, 3.8) is 0 Å². The molecule has 0 unspecified atom stereocenters. The van der Waals surface area contributed by atoms with Gasteiger partial charge < -0.3 is 10.6 Å². The molecule has 21 heavy (non-hydrogen) atoms. The summed E-state index contributed by atoms with van der Waals surface area (Å²) in [6, 6.07) is 2.32. The van der Waals surface area contributed by atoms with Crippen LogP contribution >= 0.6 is 35.6 Å². The van der Waals surface area contributed by atoms with Crippen LogP contribution in [0.25, 0.3) is 0 Å². The van der Waals surface area contributed by atoms with Crippen LogP contribution in [0.1, 0.15) is 30.1 Å². The number of carbonyl (C=O) groups is 1. The second-order valence-corrected chi connectivity index (χ2v) is 6.30. The molecule has 1 saturated heterocycles. The number of piperidine rings is 1. The lowest BCUT2D eigenvalue weighted by Gasteiger charge is -2.34. The Labute approximate surface area is 140 Å². The largest absolute Gasteiger partial charge is 0.351 e. The lowest BCUT2D eigenvalue weighted by Crippen LogP contribution is -2.42. The first-order chi connectivity index (χ1) is 9.41. The summed E-state index contributed by atoms with van der Waals surface area (Å²) >= 11 is 11.5. The van der Waals surface area contributed by atoms with Crippen LogP contribution in [0.4, 0.5) is 4.39 Å². The minimum Gasteiger partial charge on any atom is -0.351 e. The van der Waals surface area contributed by atoms with Crippen molar-refractivity contribution in [3.8, 4) is 0 Å². The number of halogens is 4. The lowest BCUT2D eigenvalue weighted by atomic mass is 9.81. The van der Waals surface area contributed by atoms with Crippen LogP contribution in [0.15, 0.2) is 12.1 Å². The van der Waals surface area contributed by atoms with Crippen LogP contribution in [0.2, 0.25) is 10.0 Å². The fourth-order valence-corrected chi connectivity index (χ4v) is 2.76. The van der Waals surface area contributed by atoms with Gasteiger partial charge in [0, 0.05) is 6.54 Å². The summed E-state index contributed by atoms with van der Waals surface area (Å²) in [6.07, 6.45) is 1.99. The zero-order valence-corrected chi connectivity index (χ0v) is 14.0. The van der Waals surface area contributed by atoms with Crippen LogP contribution < -0.4 is 10.6 Å². The molecule has 0 bridgehead atoms. The van der Waals surface area contributed by atoms with Crippen molar-refractivity contribution >= 4 is 41.5 Å². The zero-order chi connectivity index (χ0) is 14.8. The van der Waals surface area contributed by atoms with Gasteiger partial charge in [0.2, 0.25) is 0 Å². The van der Waals surface area contributed by atoms with Gasteiger partial charge >= 0.3 is 0 Å². The predicted octanol–water partition coefficient (Wildman–Crippen LogP) is 3.67. The van der Waals surface area contributed by atoms with Gasteiger partial charge in [-0.3, -0.25) is 4.79 Å². The van der Waals surface area contributed by atoms with E-state index in [-0.39, 0.29) is 39.3 Å². The molecule has 0 atom stereocenters. The fraction of sp³-hybridized carbons (Fsp3) is 0.500. The Morgan fingerprint density at radius 2 is 1.95 bits per heavy atom. The summed E-state index contributed by atoms with van der Waals surface area (Å²) in [4.78, 5) is 12.1. The maximum atomic E-state index is 13.4. The van der Waals surface area contributed by atoms with Crippen molar-refractivity contribution in [2.24, 2.45) is 5.41 Å². The molecule has 2 rings (SSSR count). The van der Waals surface area contributed by atoms with E-state index in [1.165, 1.54) is 6.07 Å². The second kappa shape index (κ2) is 7.63. The molecule has 3 nitrogen and oxygen atoms in total. The van der Waals surface area contributed by atoms with Gasteiger partial charge in [0.05, 0.1) is 15.6 Å². The highest BCUT2D eigenvalue weighted by Gasteiger charge is 2.27. The van der Waals surface area contributed by atoms with Gasteiger partial charge in [-0.05, 0) is 43.5 Å². The van der Waals surface area contributed by atoms with Crippen molar-refractivity contribution in [3.05, 3.63) is 33.6 Å². The highest BCUT2D eigenvalue weighted by atomic mass is 35.5. The van der Waals surface area contributed by atoms with Gasteiger partial charge in [-0.25, -0.2) is 4.39 Å². The van der Waals surface area contributed by atoms with E-state index in [0.717, 1.165) is 32.0 Å². The van der Waals surface area contributed by atoms with Gasteiger partial charge in [-0.15, -0.1) is 12.4 Å². The first-order valence-corrected chi connectivity index (χ1v) is 7.30. The Morgan fingerprint density at radius 1 is 1.33 bits per heavy atom. The molecule has 1 amide bonds. The molecule has 0 saturated carbocycles. The van der Waals surface area contributed by atoms with E-state index in [0.29, 0.717) is 6.54 Å². The number of carbonyl (C=O) groups excluding carboxylic acids is 1. The van der Waals surface area contributed by atoms with Crippen LogP contribution in [-0.2, 0) is 0 Å². The maximum Gasteiger partial charge on any atom is 0.252 e. The van der Waals surface area contributed by atoms with Crippen LogP contribution in [0.5, 0.6) is 0 Å². The molecule has 2 N–H and O–H groups in total. The Hall–Kier alpha value is -0.550. The van der Waals surface area contributed by atoms with Crippen molar-refractivity contribution < 1.29 is 9.18 Å². The van der Waals surface area contributed by atoms with Crippen molar-refractivity contribution in [1.29, 1.82) is 0 Å². The molecule has 1 fully saturated rings. The summed E-state index contributed by atoms with van der Waals surface area (Å²) in [6.45, 7) is 4.58. The van der Waals surface area contributed by atoms with Crippen LogP contribution in [-0.4, -0.2) is 25.5 Å². The van der Waals surface area contributed by atoms with Gasteiger partial charge in [0.25, 0.3) is 5.91 Å². The summed E-state index contributed by atoms with van der Waals surface area (Å²) in [5.74, 6) is -1.01. The Kier molecular flexibility index (Phi) is 6.72. The average Bonchev–Trinajstić information content (AvgIpc) is 2.41. The quantitative estimate of drug-likeness (QED) is 0.812. The van der Waals surface area contributed by atoms with Gasteiger partial charge in [0.1, 0.15) is 5.82 Å². The molecular formula is C14H18Cl3FN2O. The third-order valence-corrected chi connectivity index (χ3v) is 4.34. The van der Waals surface area contributed by atoms with Crippen LogP contribution in [0.3, 0.4) is 0 Å². The Morgan fingerprint density at radius 3 is 2.57 bits per heavy atom. The van der Waals surface area contributed by atoms with E-state index in [9.17, 15) is 9.18 Å². The number of amides is 1. The molecule has 1 aromatic rings. The number of hydrogen-bond acceptors (Lipinski definition) is 2. The van der Waals surface area contributed by atoms with E-state index in [2.05, 4.69) is 17.6 Å². The minimum absolute atomic E-state index is 0. The van der Waals surface area contributed by atoms with Gasteiger partial charge in [0.15, 0.2) is 0 Å². The van der Waals surface area contributed by atoms with E-state index in [1.807, 2.05) is 0 Å². The molecular weight excluding hydrogens is 338 g/mol. The van der Waals surface area contributed by atoms with Gasteiger partial charge in [-0.2, -0.15) is 0 Å². The van der Waals surface area contributed by atoms with E-state index in [1.54, 1.807) is 0 Å². The molecule has 0 radical (unpaired) electrons. The summed E-state index contributed by atoms with van der Waals surface area (Å²) < 4.78 is 13.4. The molecule has 1 aliphatic heterocycles. The van der Waals surface area contributed by atoms with Crippen molar-refractivity contribution in [1.82, 2.24) is 10.6 Å². The maximum absolute atomic E-state index is 13.4. The smallest absolute Gasteiger partial charge is 0.252 e. The third-order valence-electron chi connectivity index (χ3n) is 3.74. The van der Waals surface area contributed by atoms with Crippen molar-refractivity contribution in [2.75, 3.05) is 19.6 Å². The Bertz CT molecular complexity index is 519. The van der Waals surface area contributed by atoms with E-state index in [4.69, 9.17) is 23.2 Å². The highest BCUT2D eigenvalue weighted by molar-refractivity contribution is 6.36. The van der Waals surface area contributed by atoms with Crippen molar-refractivity contribution in [2.45, 2.75) is 19.8 Å². The lowest BCUT2D eigenvalue weighted by molar-refractivity contribution is 0.0922. The van der Waals surface area contributed by atoms with E-state index >= 15 is 0 Å². The number of benzene rings is 1. The monoisotopic (exact) mass is 354 g/mol. The van der Waals surface area contributed by atoms with E-state index < -0.39 is 5.82 Å². The summed E-state index contributed by atoms with van der Waals surface area (Å²) in [5, 5.41) is 6.19. The summed E-state index contributed by atoms with van der Waals surface area (Å²) in [7, 11) is 0. The first kappa shape index (κ1) is 18.5. The second-order valence-electron chi connectivity index (χ2n) is 5.49.